The van der Waals surface area contributed by atoms with Crippen molar-refractivity contribution in [1.82, 2.24) is 0 Å². The van der Waals surface area contributed by atoms with E-state index in [1.165, 1.54) is 16.8 Å². The van der Waals surface area contributed by atoms with Gasteiger partial charge >= 0.3 is 0 Å². The van der Waals surface area contributed by atoms with Crippen LogP contribution in [0.4, 0.5) is 5.69 Å². The summed E-state index contributed by atoms with van der Waals surface area (Å²) in [7, 11) is 2.12. The Balaban J connectivity index is 2.55. The van der Waals surface area contributed by atoms with E-state index in [4.69, 9.17) is 0 Å². The molecule has 1 aromatic rings. The van der Waals surface area contributed by atoms with Crippen LogP contribution in [0.3, 0.4) is 0 Å². The Morgan fingerprint density at radius 3 is 3.00 bits per heavy atom. The quantitative estimate of drug-likeness (QED) is 0.562. The molecule has 1 aromatic carbocycles. The van der Waals surface area contributed by atoms with Crippen LogP contribution in [0.5, 0.6) is 0 Å². The first-order valence-corrected chi connectivity index (χ1v) is 4.26. The Kier molecular flexibility index (Phi) is 1.65. The van der Waals surface area contributed by atoms with Crippen molar-refractivity contribution in [2.45, 2.75) is 6.92 Å². The maximum Gasteiger partial charge on any atom is 0.0440 e. The van der Waals surface area contributed by atoms with E-state index in [9.17, 15) is 0 Å². The lowest BCUT2D eigenvalue weighted by Gasteiger charge is -2.23. The molecule has 1 heteroatoms. The average Bonchev–Trinajstić information content (AvgIpc) is 2.04. The van der Waals surface area contributed by atoms with Crippen LogP contribution in [0.15, 0.2) is 24.3 Å². The largest absolute Gasteiger partial charge is 0.370 e. The zero-order valence-electron chi connectivity index (χ0n) is 7.54. The summed E-state index contributed by atoms with van der Waals surface area (Å²) in [4.78, 5) is 2.26. The third kappa shape index (κ3) is 1.11. The summed E-state index contributed by atoms with van der Waals surface area (Å²) >= 11 is 0. The average molecular weight is 159 g/mol. The predicted molar refractivity (Wildman–Crippen MR) is 53.5 cm³/mol. The zero-order chi connectivity index (χ0) is 8.55. The molecular weight excluding hydrogens is 146 g/mol. The van der Waals surface area contributed by atoms with Crippen molar-refractivity contribution in [3.63, 3.8) is 0 Å². The molecule has 0 bridgehead atoms. The molecular formula is C11H13N. The fourth-order valence-electron chi connectivity index (χ4n) is 1.59. The minimum Gasteiger partial charge on any atom is -0.370 e. The van der Waals surface area contributed by atoms with Gasteiger partial charge in [0.05, 0.1) is 0 Å². The van der Waals surface area contributed by atoms with E-state index in [1.807, 2.05) is 0 Å². The van der Waals surface area contributed by atoms with Gasteiger partial charge in [-0.1, -0.05) is 23.8 Å². The molecule has 0 N–H and O–H groups in total. The molecule has 0 amide bonds. The number of aryl methyl sites for hydroxylation is 1. The SMILES string of the molecule is Cc1ccc2c(c1)C=CCN2C. The smallest absolute Gasteiger partial charge is 0.0440 e. The molecule has 0 radical (unpaired) electrons. The van der Waals surface area contributed by atoms with Crippen molar-refractivity contribution >= 4 is 11.8 Å². The number of likely N-dealkylation sites (N-methyl/N-ethyl adjacent to an activating group) is 1. The zero-order valence-corrected chi connectivity index (χ0v) is 7.54. The molecule has 0 aliphatic carbocycles. The van der Waals surface area contributed by atoms with E-state index in [1.54, 1.807) is 0 Å². The van der Waals surface area contributed by atoms with Gasteiger partial charge in [-0.05, 0) is 24.6 Å². The minimum atomic E-state index is 1.02. The molecule has 1 aliphatic heterocycles. The first-order chi connectivity index (χ1) is 5.77. The van der Waals surface area contributed by atoms with Crippen LogP contribution in [0.2, 0.25) is 0 Å². The highest BCUT2D eigenvalue weighted by atomic mass is 15.1. The molecule has 1 aliphatic rings. The normalized spacial score (nSPS) is 14.7. The van der Waals surface area contributed by atoms with Crippen LogP contribution in [0.1, 0.15) is 11.1 Å². The van der Waals surface area contributed by atoms with Crippen LogP contribution < -0.4 is 4.90 Å². The van der Waals surface area contributed by atoms with Gasteiger partial charge in [0.15, 0.2) is 0 Å². The standard InChI is InChI=1S/C11H13N/c1-9-5-6-11-10(8-9)4-3-7-12(11)2/h3-6,8H,7H2,1-2H3. The van der Waals surface area contributed by atoms with Crippen LogP contribution in [0, 0.1) is 6.92 Å². The Morgan fingerprint density at radius 1 is 1.33 bits per heavy atom. The highest BCUT2D eigenvalue weighted by molar-refractivity contribution is 5.71. The lowest BCUT2D eigenvalue weighted by Crippen LogP contribution is -2.20. The molecule has 0 saturated heterocycles. The number of benzene rings is 1. The van der Waals surface area contributed by atoms with E-state index in [0.717, 1.165) is 6.54 Å². The van der Waals surface area contributed by atoms with Gasteiger partial charge in [-0.2, -0.15) is 0 Å². The van der Waals surface area contributed by atoms with Gasteiger partial charge in [0.2, 0.25) is 0 Å². The van der Waals surface area contributed by atoms with E-state index < -0.39 is 0 Å². The monoisotopic (exact) mass is 159 g/mol. The number of fused-ring (bicyclic) bond motifs is 1. The van der Waals surface area contributed by atoms with Crippen LogP contribution in [-0.2, 0) is 0 Å². The van der Waals surface area contributed by atoms with E-state index in [-0.39, 0.29) is 0 Å². The lowest BCUT2D eigenvalue weighted by atomic mass is 10.1. The second-order valence-corrected chi connectivity index (χ2v) is 3.35. The van der Waals surface area contributed by atoms with Gasteiger partial charge in [0.1, 0.15) is 0 Å². The second kappa shape index (κ2) is 2.67. The Morgan fingerprint density at radius 2 is 2.17 bits per heavy atom. The summed E-state index contributed by atoms with van der Waals surface area (Å²) in [6, 6.07) is 6.57. The number of rotatable bonds is 0. The molecule has 0 spiro atoms. The summed E-state index contributed by atoms with van der Waals surface area (Å²) in [5.41, 5.74) is 4.00. The molecule has 0 unspecified atom stereocenters. The number of hydrogen-bond donors (Lipinski definition) is 0. The van der Waals surface area contributed by atoms with Crippen LogP contribution in [0.25, 0.3) is 6.08 Å². The van der Waals surface area contributed by atoms with E-state index >= 15 is 0 Å². The third-order valence-electron chi connectivity index (χ3n) is 2.27. The molecule has 2 rings (SSSR count). The second-order valence-electron chi connectivity index (χ2n) is 3.35. The summed E-state index contributed by atoms with van der Waals surface area (Å²) < 4.78 is 0. The molecule has 0 fully saturated rings. The molecule has 12 heavy (non-hydrogen) atoms. The van der Waals surface area contributed by atoms with Crippen molar-refractivity contribution in [2.75, 3.05) is 18.5 Å². The lowest BCUT2D eigenvalue weighted by molar-refractivity contribution is 1.02. The molecule has 1 heterocycles. The van der Waals surface area contributed by atoms with E-state index in [2.05, 4.69) is 49.2 Å². The summed E-state index contributed by atoms with van der Waals surface area (Å²) in [6.07, 6.45) is 4.39. The minimum absolute atomic E-state index is 1.02. The molecule has 0 atom stereocenters. The maximum absolute atomic E-state index is 2.26. The van der Waals surface area contributed by atoms with Crippen molar-refractivity contribution < 1.29 is 0 Å². The van der Waals surface area contributed by atoms with Gasteiger partial charge < -0.3 is 4.90 Å². The third-order valence-corrected chi connectivity index (χ3v) is 2.27. The topological polar surface area (TPSA) is 3.24 Å². The van der Waals surface area contributed by atoms with Crippen molar-refractivity contribution in [3.05, 3.63) is 35.4 Å². The molecule has 0 aromatic heterocycles. The summed E-state index contributed by atoms with van der Waals surface area (Å²) in [5.74, 6) is 0. The van der Waals surface area contributed by atoms with Crippen molar-refractivity contribution in [1.29, 1.82) is 0 Å². The Bertz CT molecular complexity index is 326. The molecule has 1 nitrogen and oxygen atoms in total. The first kappa shape index (κ1) is 7.41. The van der Waals surface area contributed by atoms with Crippen molar-refractivity contribution in [2.24, 2.45) is 0 Å². The summed E-state index contributed by atoms with van der Waals surface area (Å²) in [5, 5.41) is 0. The Labute approximate surface area is 73.3 Å². The fourth-order valence-corrected chi connectivity index (χ4v) is 1.59. The maximum atomic E-state index is 2.26. The summed E-state index contributed by atoms with van der Waals surface area (Å²) in [6.45, 7) is 3.15. The van der Waals surface area contributed by atoms with Gasteiger partial charge in [0, 0.05) is 19.3 Å². The van der Waals surface area contributed by atoms with E-state index in [0.29, 0.717) is 0 Å². The first-order valence-electron chi connectivity index (χ1n) is 4.26. The van der Waals surface area contributed by atoms with Gasteiger partial charge in [-0.25, -0.2) is 0 Å². The van der Waals surface area contributed by atoms with Gasteiger partial charge in [-0.15, -0.1) is 0 Å². The van der Waals surface area contributed by atoms with Gasteiger partial charge in [0.25, 0.3) is 0 Å². The highest BCUT2D eigenvalue weighted by Gasteiger charge is 2.07. The fraction of sp³-hybridized carbons (Fsp3) is 0.273. The number of hydrogen-bond acceptors (Lipinski definition) is 1. The Hall–Kier alpha value is -1.24. The number of anilines is 1. The molecule has 62 valence electrons. The highest BCUT2D eigenvalue weighted by Crippen LogP contribution is 2.25. The van der Waals surface area contributed by atoms with Crippen LogP contribution >= 0.6 is 0 Å². The van der Waals surface area contributed by atoms with Crippen molar-refractivity contribution in [3.8, 4) is 0 Å². The molecule has 0 saturated carbocycles. The van der Waals surface area contributed by atoms with Crippen LogP contribution in [-0.4, -0.2) is 13.6 Å². The predicted octanol–water partition coefficient (Wildman–Crippen LogP) is 2.46. The number of nitrogens with zero attached hydrogens (tertiary/aromatic N) is 1. The van der Waals surface area contributed by atoms with Gasteiger partial charge in [-0.3, -0.25) is 0 Å².